The monoisotopic (exact) mass is 391 g/mol. The molecule has 0 bridgehead atoms. The third-order valence-corrected chi connectivity index (χ3v) is 5.38. The van der Waals surface area contributed by atoms with Crippen molar-refractivity contribution >= 4 is 17.5 Å². The van der Waals surface area contributed by atoms with Gasteiger partial charge in [0.15, 0.2) is 5.78 Å². The van der Waals surface area contributed by atoms with Crippen molar-refractivity contribution < 1.29 is 14.0 Å². The highest BCUT2D eigenvalue weighted by molar-refractivity contribution is 6.09. The van der Waals surface area contributed by atoms with E-state index in [1.54, 1.807) is 24.4 Å². The number of aromatic nitrogens is 1. The van der Waals surface area contributed by atoms with Crippen molar-refractivity contribution in [2.75, 3.05) is 5.32 Å². The summed E-state index contributed by atoms with van der Waals surface area (Å²) >= 11 is 0. The van der Waals surface area contributed by atoms with Crippen molar-refractivity contribution in [2.24, 2.45) is 0 Å². The van der Waals surface area contributed by atoms with Crippen LogP contribution < -0.4 is 10.6 Å². The number of ketones is 1. The minimum absolute atomic E-state index is 0.0272. The van der Waals surface area contributed by atoms with Crippen LogP contribution in [0.15, 0.2) is 65.1 Å². The summed E-state index contributed by atoms with van der Waals surface area (Å²) in [5.74, 6) is -0.758. The molecule has 2 N–H and O–H groups in total. The normalized spacial score (nSPS) is 19.0. The van der Waals surface area contributed by atoms with Gasteiger partial charge in [-0.1, -0.05) is 18.2 Å². The molecular formula is C23H22FN3O2. The maximum Gasteiger partial charge on any atom is 0.255 e. The van der Waals surface area contributed by atoms with Crippen LogP contribution in [0.3, 0.4) is 0 Å². The highest BCUT2D eigenvalue weighted by atomic mass is 19.1. The predicted octanol–water partition coefficient (Wildman–Crippen LogP) is 4.14. The van der Waals surface area contributed by atoms with E-state index in [9.17, 15) is 14.0 Å². The van der Waals surface area contributed by atoms with Crippen molar-refractivity contribution in [3.8, 4) is 0 Å². The van der Waals surface area contributed by atoms with Crippen LogP contribution in [0.4, 0.5) is 10.2 Å². The maximum absolute atomic E-state index is 13.5. The van der Waals surface area contributed by atoms with Crippen LogP contribution in [-0.4, -0.2) is 16.7 Å². The summed E-state index contributed by atoms with van der Waals surface area (Å²) in [6.45, 7) is 3.75. The van der Waals surface area contributed by atoms with E-state index in [1.165, 1.54) is 12.1 Å². The quantitative estimate of drug-likeness (QED) is 0.825. The number of halogens is 1. The van der Waals surface area contributed by atoms with E-state index in [-0.39, 0.29) is 17.5 Å². The average Bonchev–Trinajstić information content (AvgIpc) is 2.69. The number of rotatable bonds is 3. The van der Waals surface area contributed by atoms with Gasteiger partial charge in [0.05, 0.1) is 0 Å². The number of pyridine rings is 1. The highest BCUT2D eigenvalue weighted by Crippen LogP contribution is 2.42. The van der Waals surface area contributed by atoms with Crippen LogP contribution in [0.1, 0.15) is 43.2 Å². The molecule has 29 heavy (non-hydrogen) atoms. The predicted molar refractivity (Wildman–Crippen MR) is 108 cm³/mol. The highest BCUT2D eigenvalue weighted by Gasteiger charge is 2.38. The summed E-state index contributed by atoms with van der Waals surface area (Å²) in [5.41, 5.74) is 4.32. The van der Waals surface area contributed by atoms with Crippen LogP contribution >= 0.6 is 0 Å². The Hall–Kier alpha value is -3.28. The molecule has 4 rings (SSSR count). The minimum Gasteiger partial charge on any atom is -0.362 e. The summed E-state index contributed by atoms with van der Waals surface area (Å²) in [6, 6.07) is 9.61. The number of benzene rings is 1. The molecule has 2 heterocycles. The molecule has 0 fully saturated rings. The maximum atomic E-state index is 13.5. The number of Topliss-reactive ketones (excluding diaryl/α,β-unsaturated/α-hetero) is 1. The van der Waals surface area contributed by atoms with Gasteiger partial charge in [0, 0.05) is 41.1 Å². The number of aryl methyl sites for hydroxylation is 1. The molecule has 1 aliphatic heterocycles. The molecule has 0 unspecified atom stereocenters. The lowest BCUT2D eigenvalue weighted by atomic mass is 9.75. The number of nitrogens with one attached hydrogen (secondary N) is 2. The fourth-order valence-corrected chi connectivity index (χ4v) is 4.00. The van der Waals surface area contributed by atoms with Gasteiger partial charge in [0.1, 0.15) is 11.6 Å². The van der Waals surface area contributed by atoms with E-state index in [2.05, 4.69) is 15.6 Å². The van der Waals surface area contributed by atoms with Gasteiger partial charge in [0.2, 0.25) is 0 Å². The molecule has 0 spiro atoms. The lowest BCUT2D eigenvalue weighted by Crippen LogP contribution is -2.35. The molecule has 1 atom stereocenters. The smallest absolute Gasteiger partial charge is 0.255 e. The number of carbonyl (C=O) groups is 2. The van der Waals surface area contributed by atoms with Crippen LogP contribution in [0.5, 0.6) is 0 Å². The summed E-state index contributed by atoms with van der Waals surface area (Å²) in [5, 5.41) is 6.10. The first kappa shape index (κ1) is 19.1. The number of anilines is 1. The zero-order chi connectivity index (χ0) is 20.5. The number of hydrogen-bond acceptors (Lipinski definition) is 4. The lowest BCUT2D eigenvalue weighted by molar-refractivity contribution is -0.116. The molecule has 0 saturated heterocycles. The van der Waals surface area contributed by atoms with Crippen LogP contribution in [0.25, 0.3) is 0 Å². The second-order valence-electron chi connectivity index (χ2n) is 7.49. The Morgan fingerprint density at radius 3 is 2.59 bits per heavy atom. The number of nitrogens with zero attached hydrogens (tertiary/aromatic N) is 1. The second-order valence-corrected chi connectivity index (χ2v) is 7.49. The number of allylic oxidation sites excluding steroid dienone is 3. The van der Waals surface area contributed by atoms with Crippen LogP contribution in [0, 0.1) is 12.7 Å². The molecule has 2 aromatic rings. The molecule has 1 aromatic carbocycles. The van der Waals surface area contributed by atoms with Crippen LogP contribution in [-0.2, 0) is 9.59 Å². The van der Waals surface area contributed by atoms with E-state index < -0.39 is 5.92 Å². The zero-order valence-electron chi connectivity index (χ0n) is 16.4. The Bertz CT molecular complexity index is 1040. The number of carbonyl (C=O) groups excluding carboxylic acids is 2. The Balaban J connectivity index is 1.77. The molecular weight excluding hydrogens is 369 g/mol. The van der Waals surface area contributed by atoms with Crippen molar-refractivity contribution in [1.29, 1.82) is 0 Å². The van der Waals surface area contributed by atoms with Crippen molar-refractivity contribution in [3.05, 3.63) is 82.1 Å². The first-order valence-corrected chi connectivity index (χ1v) is 9.67. The Labute approximate surface area is 168 Å². The van der Waals surface area contributed by atoms with Gasteiger partial charge in [-0.15, -0.1) is 0 Å². The largest absolute Gasteiger partial charge is 0.362 e. The van der Waals surface area contributed by atoms with E-state index >= 15 is 0 Å². The molecule has 0 radical (unpaired) electrons. The minimum atomic E-state index is -0.537. The molecule has 2 aliphatic rings. The number of amides is 1. The molecule has 1 aromatic heterocycles. The summed E-state index contributed by atoms with van der Waals surface area (Å²) in [4.78, 5) is 30.3. The molecule has 6 heteroatoms. The summed E-state index contributed by atoms with van der Waals surface area (Å²) in [7, 11) is 0. The summed E-state index contributed by atoms with van der Waals surface area (Å²) in [6.07, 6.45) is 3.66. The van der Waals surface area contributed by atoms with Gasteiger partial charge >= 0.3 is 0 Å². The van der Waals surface area contributed by atoms with Crippen molar-refractivity contribution in [2.45, 2.75) is 39.0 Å². The van der Waals surface area contributed by atoms with E-state index in [0.717, 1.165) is 29.7 Å². The van der Waals surface area contributed by atoms with E-state index in [4.69, 9.17) is 0 Å². The van der Waals surface area contributed by atoms with Crippen molar-refractivity contribution in [3.63, 3.8) is 0 Å². The van der Waals surface area contributed by atoms with E-state index in [1.807, 2.05) is 19.9 Å². The fourth-order valence-electron chi connectivity index (χ4n) is 4.00. The lowest BCUT2D eigenvalue weighted by Gasteiger charge is -2.34. The first-order chi connectivity index (χ1) is 13.9. The summed E-state index contributed by atoms with van der Waals surface area (Å²) < 4.78 is 13.5. The van der Waals surface area contributed by atoms with Gasteiger partial charge in [-0.3, -0.25) is 9.59 Å². The Kier molecular flexibility index (Phi) is 5.01. The zero-order valence-corrected chi connectivity index (χ0v) is 16.4. The van der Waals surface area contributed by atoms with Crippen molar-refractivity contribution in [1.82, 2.24) is 10.3 Å². The Morgan fingerprint density at radius 1 is 1.14 bits per heavy atom. The van der Waals surface area contributed by atoms with Crippen LogP contribution in [0.2, 0.25) is 0 Å². The van der Waals surface area contributed by atoms with E-state index in [0.29, 0.717) is 29.1 Å². The van der Waals surface area contributed by atoms with Gasteiger partial charge in [-0.05, 0) is 56.0 Å². The van der Waals surface area contributed by atoms with Gasteiger partial charge < -0.3 is 10.6 Å². The standard InChI is InChI=1S/C23H22FN3O2/c1-13-6-11-19(25-12-13)27-23(29)20-14(2)26-17-4-3-5-18(28)22(17)21(20)15-7-9-16(24)10-8-15/h6-12,21,26H,3-5H2,1-2H3,(H,25,27,29)/t21-/m1/s1. The molecule has 0 saturated carbocycles. The fraction of sp³-hybridized carbons (Fsp3) is 0.261. The topological polar surface area (TPSA) is 71.1 Å². The molecule has 1 aliphatic carbocycles. The third kappa shape index (κ3) is 3.70. The molecule has 1 amide bonds. The number of dihydropyridines is 1. The second kappa shape index (κ2) is 7.62. The average molecular weight is 391 g/mol. The Morgan fingerprint density at radius 2 is 1.90 bits per heavy atom. The molecule has 148 valence electrons. The SMILES string of the molecule is CC1=C(C(=O)Nc2ccc(C)cn2)[C@@H](c2ccc(F)cc2)C2=C(CCCC2=O)N1. The van der Waals surface area contributed by atoms with Gasteiger partial charge in [0.25, 0.3) is 5.91 Å². The van der Waals surface area contributed by atoms with Gasteiger partial charge in [-0.2, -0.15) is 0 Å². The molecule has 5 nitrogen and oxygen atoms in total. The van der Waals surface area contributed by atoms with Gasteiger partial charge in [-0.25, -0.2) is 9.37 Å². The third-order valence-electron chi connectivity index (χ3n) is 5.38. The first-order valence-electron chi connectivity index (χ1n) is 9.67. The number of hydrogen-bond donors (Lipinski definition) is 2.